The Morgan fingerprint density at radius 3 is 2.52 bits per heavy atom. The molecule has 3 saturated carbocycles. The van der Waals surface area contributed by atoms with Crippen molar-refractivity contribution in [3.8, 4) is 0 Å². The van der Waals surface area contributed by atoms with Gasteiger partial charge in [-0.25, -0.2) is 0 Å². The average molecular weight is 306 g/mol. The molecule has 21 heavy (non-hydrogen) atoms. The Morgan fingerprint density at radius 2 is 1.90 bits per heavy atom. The quantitative estimate of drug-likeness (QED) is 0.887. The first-order valence-corrected chi connectivity index (χ1v) is 8.22. The number of anilines is 1. The van der Waals surface area contributed by atoms with E-state index in [-0.39, 0.29) is 11.8 Å². The Bertz CT molecular complexity index is 567. The number of hydrogen-bond acceptors (Lipinski definition) is 2. The van der Waals surface area contributed by atoms with Gasteiger partial charge in [0.05, 0.1) is 5.92 Å². The molecule has 0 aliphatic heterocycles. The van der Waals surface area contributed by atoms with Crippen molar-refractivity contribution >= 4 is 23.3 Å². The van der Waals surface area contributed by atoms with Gasteiger partial charge in [0.25, 0.3) is 0 Å². The molecule has 1 aromatic rings. The van der Waals surface area contributed by atoms with Crippen molar-refractivity contribution in [3.63, 3.8) is 0 Å². The lowest BCUT2D eigenvalue weighted by Crippen LogP contribution is -2.33. The lowest BCUT2D eigenvalue weighted by molar-refractivity contribution is -0.145. The van der Waals surface area contributed by atoms with Crippen molar-refractivity contribution in [2.75, 3.05) is 11.9 Å². The molecule has 112 valence electrons. The Kier molecular flexibility index (Phi) is 2.97. The number of aliphatic carboxylic acids is 1. The summed E-state index contributed by atoms with van der Waals surface area (Å²) in [5.41, 5.74) is 1.42. The second-order valence-electron chi connectivity index (χ2n) is 6.94. The van der Waals surface area contributed by atoms with Gasteiger partial charge in [0, 0.05) is 17.3 Å². The summed E-state index contributed by atoms with van der Waals surface area (Å²) in [6.07, 6.45) is 4.85. The molecule has 1 spiro atoms. The predicted octanol–water partition coefficient (Wildman–Crippen LogP) is 3.89. The molecule has 0 radical (unpaired) electrons. The summed E-state index contributed by atoms with van der Waals surface area (Å²) < 4.78 is 0. The van der Waals surface area contributed by atoms with Gasteiger partial charge in [-0.05, 0) is 73.1 Å². The highest BCUT2D eigenvalue weighted by Crippen LogP contribution is 2.74. The van der Waals surface area contributed by atoms with Crippen LogP contribution in [-0.4, -0.2) is 17.6 Å². The Balaban J connectivity index is 1.51. The average Bonchev–Trinajstić information content (AvgIpc) is 3.13. The molecular weight excluding hydrogens is 286 g/mol. The summed E-state index contributed by atoms with van der Waals surface area (Å²) in [7, 11) is 0. The van der Waals surface area contributed by atoms with Crippen LogP contribution in [0.3, 0.4) is 0 Å². The Labute approximate surface area is 129 Å². The van der Waals surface area contributed by atoms with E-state index < -0.39 is 5.97 Å². The highest BCUT2D eigenvalue weighted by Gasteiger charge is 2.69. The first-order chi connectivity index (χ1) is 10.1. The molecular formula is C17H20ClNO2. The second kappa shape index (κ2) is 4.64. The molecule has 3 fully saturated rings. The van der Waals surface area contributed by atoms with Gasteiger partial charge in [0.1, 0.15) is 0 Å². The maximum Gasteiger partial charge on any atom is 0.307 e. The number of carboxylic acid groups (broad SMARTS) is 1. The summed E-state index contributed by atoms with van der Waals surface area (Å²) in [5, 5.41) is 13.8. The van der Waals surface area contributed by atoms with Crippen LogP contribution in [0.5, 0.6) is 0 Å². The van der Waals surface area contributed by atoms with Crippen molar-refractivity contribution in [2.45, 2.75) is 25.7 Å². The van der Waals surface area contributed by atoms with Gasteiger partial charge in [0.2, 0.25) is 0 Å². The summed E-state index contributed by atoms with van der Waals surface area (Å²) in [6.45, 7) is 0.765. The molecule has 2 bridgehead atoms. The lowest BCUT2D eigenvalue weighted by atomic mass is 9.79. The zero-order valence-electron chi connectivity index (χ0n) is 11.9. The first-order valence-electron chi connectivity index (χ1n) is 7.84. The van der Waals surface area contributed by atoms with Gasteiger partial charge in [-0.1, -0.05) is 11.6 Å². The maximum absolute atomic E-state index is 11.7. The lowest BCUT2D eigenvalue weighted by Gasteiger charge is -2.28. The van der Waals surface area contributed by atoms with Gasteiger partial charge < -0.3 is 10.4 Å². The van der Waals surface area contributed by atoms with Crippen molar-refractivity contribution in [3.05, 3.63) is 29.3 Å². The van der Waals surface area contributed by atoms with Crippen LogP contribution in [0.1, 0.15) is 25.7 Å². The third-order valence-electron chi connectivity index (χ3n) is 6.18. The van der Waals surface area contributed by atoms with Crippen molar-refractivity contribution in [1.82, 2.24) is 0 Å². The van der Waals surface area contributed by atoms with E-state index in [0.29, 0.717) is 17.3 Å². The molecule has 2 N–H and O–H groups in total. The minimum atomic E-state index is -0.587. The molecule has 1 aromatic carbocycles. The molecule has 3 aliphatic carbocycles. The number of halogens is 1. The number of benzene rings is 1. The van der Waals surface area contributed by atoms with Crippen LogP contribution < -0.4 is 5.32 Å². The van der Waals surface area contributed by atoms with Crippen LogP contribution in [0.2, 0.25) is 5.02 Å². The van der Waals surface area contributed by atoms with Gasteiger partial charge in [-0.2, -0.15) is 0 Å². The van der Waals surface area contributed by atoms with E-state index in [4.69, 9.17) is 11.6 Å². The van der Waals surface area contributed by atoms with E-state index in [2.05, 4.69) is 5.32 Å². The van der Waals surface area contributed by atoms with Crippen molar-refractivity contribution < 1.29 is 9.90 Å². The van der Waals surface area contributed by atoms with Gasteiger partial charge in [0.15, 0.2) is 0 Å². The molecule has 4 rings (SSSR count). The summed E-state index contributed by atoms with van der Waals surface area (Å²) in [5.74, 6) is 0.585. The van der Waals surface area contributed by atoms with Crippen LogP contribution in [0.4, 0.5) is 5.69 Å². The number of hydrogen-bond donors (Lipinski definition) is 2. The van der Waals surface area contributed by atoms with E-state index >= 15 is 0 Å². The zero-order valence-corrected chi connectivity index (χ0v) is 12.6. The molecule has 0 saturated heterocycles. The minimum Gasteiger partial charge on any atom is -0.481 e. The van der Waals surface area contributed by atoms with Crippen molar-refractivity contribution in [2.24, 2.45) is 29.1 Å². The molecule has 0 amide bonds. The third kappa shape index (κ3) is 1.97. The number of nitrogens with one attached hydrogen (secondary N) is 1. The molecule has 4 atom stereocenters. The fourth-order valence-corrected chi connectivity index (χ4v) is 5.38. The van der Waals surface area contributed by atoms with Gasteiger partial charge in [-0.15, -0.1) is 0 Å². The number of carbonyl (C=O) groups is 1. The normalized spacial score (nSPS) is 35.1. The summed E-state index contributed by atoms with van der Waals surface area (Å²) in [4.78, 5) is 11.7. The molecule has 4 heteroatoms. The topological polar surface area (TPSA) is 49.3 Å². The zero-order chi connectivity index (χ0) is 14.6. The van der Waals surface area contributed by atoms with E-state index in [9.17, 15) is 9.90 Å². The molecule has 3 aliphatic rings. The SMILES string of the molecule is O=C(O)C1C(CNc2ccc(Cl)cc2)C2CCC1C21CC1. The first kappa shape index (κ1) is 13.4. The van der Waals surface area contributed by atoms with E-state index in [1.54, 1.807) is 0 Å². The third-order valence-corrected chi connectivity index (χ3v) is 6.43. The highest BCUT2D eigenvalue weighted by atomic mass is 35.5. The van der Waals surface area contributed by atoms with E-state index in [1.165, 1.54) is 19.3 Å². The predicted molar refractivity (Wildman–Crippen MR) is 82.4 cm³/mol. The van der Waals surface area contributed by atoms with Gasteiger partial charge in [-0.3, -0.25) is 4.79 Å². The fraction of sp³-hybridized carbons (Fsp3) is 0.588. The van der Waals surface area contributed by atoms with Crippen LogP contribution in [-0.2, 0) is 4.79 Å². The van der Waals surface area contributed by atoms with E-state index in [1.807, 2.05) is 24.3 Å². The number of carboxylic acids is 1. The standard InChI is InChI=1S/C17H20ClNO2/c18-10-1-3-11(4-2-10)19-9-12-13-5-6-14(15(12)16(20)21)17(13)7-8-17/h1-4,12-15,19H,5-9H2,(H,20,21). The molecule has 0 aromatic heterocycles. The number of rotatable bonds is 4. The van der Waals surface area contributed by atoms with Crippen LogP contribution in [0.15, 0.2) is 24.3 Å². The van der Waals surface area contributed by atoms with Gasteiger partial charge >= 0.3 is 5.97 Å². The molecule has 3 nitrogen and oxygen atoms in total. The monoisotopic (exact) mass is 305 g/mol. The summed E-state index contributed by atoms with van der Waals surface area (Å²) in [6, 6.07) is 7.64. The largest absolute Gasteiger partial charge is 0.481 e. The minimum absolute atomic E-state index is 0.147. The molecule has 0 heterocycles. The van der Waals surface area contributed by atoms with Crippen molar-refractivity contribution in [1.29, 1.82) is 0 Å². The Morgan fingerprint density at radius 1 is 1.24 bits per heavy atom. The van der Waals surface area contributed by atoms with Crippen LogP contribution in [0, 0.1) is 29.1 Å². The van der Waals surface area contributed by atoms with Crippen LogP contribution in [0.25, 0.3) is 0 Å². The smallest absolute Gasteiger partial charge is 0.307 e. The second-order valence-corrected chi connectivity index (χ2v) is 7.38. The Hall–Kier alpha value is -1.22. The molecule has 4 unspecified atom stereocenters. The fourth-order valence-electron chi connectivity index (χ4n) is 5.25. The maximum atomic E-state index is 11.7. The van der Waals surface area contributed by atoms with Crippen LogP contribution >= 0.6 is 11.6 Å². The summed E-state index contributed by atoms with van der Waals surface area (Å²) >= 11 is 5.90. The highest BCUT2D eigenvalue weighted by molar-refractivity contribution is 6.30. The van der Waals surface area contributed by atoms with E-state index in [0.717, 1.165) is 23.7 Å².